The van der Waals surface area contributed by atoms with Crippen LogP contribution in [0, 0.1) is 11.3 Å². The minimum atomic E-state index is -0.213. The van der Waals surface area contributed by atoms with Gasteiger partial charge in [0, 0.05) is 45.7 Å². The first-order valence-electron chi connectivity index (χ1n) is 9.07. The van der Waals surface area contributed by atoms with Gasteiger partial charge < -0.3 is 20.4 Å². The van der Waals surface area contributed by atoms with Crippen molar-refractivity contribution in [2.24, 2.45) is 11.3 Å². The zero-order valence-electron chi connectivity index (χ0n) is 14.3. The van der Waals surface area contributed by atoms with Crippen molar-refractivity contribution in [1.29, 1.82) is 0 Å². The lowest BCUT2D eigenvalue weighted by atomic mass is 9.67. The third kappa shape index (κ3) is 3.53. The molecule has 2 heterocycles. The second-order valence-electron chi connectivity index (χ2n) is 7.42. The zero-order chi connectivity index (χ0) is 16.3. The molecular weight excluding hydrogens is 292 g/mol. The molecule has 23 heavy (non-hydrogen) atoms. The van der Waals surface area contributed by atoms with Crippen molar-refractivity contribution in [3.05, 3.63) is 0 Å². The van der Waals surface area contributed by atoms with Crippen LogP contribution in [0.2, 0.25) is 0 Å². The van der Waals surface area contributed by atoms with Crippen LogP contribution in [0.25, 0.3) is 0 Å². The summed E-state index contributed by atoms with van der Waals surface area (Å²) in [5.41, 5.74) is -0.213. The maximum atomic E-state index is 12.7. The van der Waals surface area contributed by atoms with E-state index in [-0.39, 0.29) is 17.2 Å². The highest BCUT2D eigenvalue weighted by Gasteiger charge is 2.49. The number of hydrogen-bond acceptors (Lipinski definition) is 4. The standard InChI is InChI=1S/C17H30N4O2/c1-20-8-10-21(11-9-20)15(22)5-7-19-16(23)17-6-3-2-4-14(17)12-18-13-17/h14,18H,2-13H2,1H3,(H,19,23)/t14-,17+/m0/s1. The van der Waals surface area contributed by atoms with Crippen molar-refractivity contribution in [3.8, 4) is 0 Å². The van der Waals surface area contributed by atoms with E-state index < -0.39 is 0 Å². The number of nitrogens with zero attached hydrogens (tertiary/aromatic N) is 2. The fourth-order valence-electron chi connectivity index (χ4n) is 4.36. The van der Waals surface area contributed by atoms with Gasteiger partial charge in [-0.05, 0) is 32.4 Å². The number of likely N-dealkylation sites (N-methyl/N-ethyl adjacent to an activating group) is 1. The highest BCUT2D eigenvalue weighted by molar-refractivity contribution is 5.84. The molecule has 2 saturated heterocycles. The third-order valence-corrected chi connectivity index (χ3v) is 5.97. The van der Waals surface area contributed by atoms with E-state index >= 15 is 0 Å². The molecule has 3 aliphatic rings. The van der Waals surface area contributed by atoms with Gasteiger partial charge in [0.1, 0.15) is 0 Å². The fraction of sp³-hybridized carbons (Fsp3) is 0.882. The number of nitrogens with one attached hydrogen (secondary N) is 2. The smallest absolute Gasteiger partial charge is 0.227 e. The van der Waals surface area contributed by atoms with Crippen molar-refractivity contribution in [2.75, 3.05) is 52.9 Å². The quantitative estimate of drug-likeness (QED) is 0.767. The minimum Gasteiger partial charge on any atom is -0.355 e. The number of piperazine rings is 1. The molecule has 0 spiro atoms. The van der Waals surface area contributed by atoms with Gasteiger partial charge in [-0.2, -0.15) is 0 Å². The van der Waals surface area contributed by atoms with Gasteiger partial charge in [-0.1, -0.05) is 12.8 Å². The Balaban J connectivity index is 1.45. The third-order valence-electron chi connectivity index (χ3n) is 5.97. The van der Waals surface area contributed by atoms with Crippen LogP contribution in [0.4, 0.5) is 0 Å². The van der Waals surface area contributed by atoms with Crippen LogP contribution in [0.1, 0.15) is 32.1 Å². The van der Waals surface area contributed by atoms with E-state index in [9.17, 15) is 9.59 Å². The summed E-state index contributed by atoms with van der Waals surface area (Å²) in [4.78, 5) is 29.1. The van der Waals surface area contributed by atoms with Crippen LogP contribution in [0.5, 0.6) is 0 Å². The number of amides is 2. The van der Waals surface area contributed by atoms with Gasteiger partial charge in [-0.25, -0.2) is 0 Å². The monoisotopic (exact) mass is 322 g/mol. The van der Waals surface area contributed by atoms with Crippen LogP contribution in [0.15, 0.2) is 0 Å². The molecule has 0 aromatic carbocycles. The van der Waals surface area contributed by atoms with Gasteiger partial charge >= 0.3 is 0 Å². The first-order valence-corrected chi connectivity index (χ1v) is 9.07. The Morgan fingerprint density at radius 3 is 2.78 bits per heavy atom. The van der Waals surface area contributed by atoms with Gasteiger partial charge in [0.25, 0.3) is 0 Å². The summed E-state index contributed by atoms with van der Waals surface area (Å²) < 4.78 is 0. The zero-order valence-corrected chi connectivity index (χ0v) is 14.3. The fourth-order valence-corrected chi connectivity index (χ4v) is 4.36. The molecule has 0 radical (unpaired) electrons. The predicted molar refractivity (Wildman–Crippen MR) is 89.0 cm³/mol. The second kappa shape index (κ2) is 7.18. The van der Waals surface area contributed by atoms with Gasteiger partial charge in [-0.3, -0.25) is 9.59 Å². The number of fused-ring (bicyclic) bond motifs is 1. The first kappa shape index (κ1) is 16.7. The number of carbonyl (C=O) groups is 2. The van der Waals surface area contributed by atoms with Crippen LogP contribution >= 0.6 is 0 Å². The normalized spacial score (nSPS) is 31.7. The van der Waals surface area contributed by atoms with Crippen LogP contribution in [-0.2, 0) is 9.59 Å². The first-order chi connectivity index (χ1) is 11.1. The van der Waals surface area contributed by atoms with Crippen molar-refractivity contribution < 1.29 is 9.59 Å². The van der Waals surface area contributed by atoms with Gasteiger partial charge in [-0.15, -0.1) is 0 Å². The average Bonchev–Trinajstić information content (AvgIpc) is 3.00. The number of rotatable bonds is 4. The van der Waals surface area contributed by atoms with E-state index in [4.69, 9.17) is 0 Å². The van der Waals surface area contributed by atoms with E-state index in [0.29, 0.717) is 18.9 Å². The molecule has 2 atom stereocenters. The van der Waals surface area contributed by atoms with E-state index in [2.05, 4.69) is 22.6 Å². The van der Waals surface area contributed by atoms with E-state index in [1.807, 2.05) is 4.90 Å². The molecule has 2 N–H and O–H groups in total. The Bertz CT molecular complexity index is 448. The highest BCUT2D eigenvalue weighted by atomic mass is 16.2. The van der Waals surface area contributed by atoms with Gasteiger partial charge in [0.05, 0.1) is 5.41 Å². The molecule has 1 saturated carbocycles. The molecule has 2 aliphatic heterocycles. The average molecular weight is 322 g/mol. The summed E-state index contributed by atoms with van der Waals surface area (Å²) in [6, 6.07) is 0. The second-order valence-corrected chi connectivity index (χ2v) is 7.42. The van der Waals surface area contributed by atoms with Crippen molar-refractivity contribution in [1.82, 2.24) is 20.4 Å². The molecule has 3 fully saturated rings. The van der Waals surface area contributed by atoms with E-state index in [0.717, 1.165) is 58.5 Å². The summed E-state index contributed by atoms with van der Waals surface area (Å²) >= 11 is 0. The molecule has 1 aliphatic carbocycles. The lowest BCUT2D eigenvalue weighted by Crippen LogP contribution is -2.50. The molecule has 3 rings (SSSR count). The SMILES string of the molecule is CN1CCN(C(=O)CCNC(=O)[C@@]23CCCC[C@H]2CNC3)CC1. The molecule has 0 aromatic rings. The topological polar surface area (TPSA) is 64.7 Å². The summed E-state index contributed by atoms with van der Waals surface area (Å²) in [5.74, 6) is 0.809. The highest BCUT2D eigenvalue weighted by Crippen LogP contribution is 2.43. The summed E-state index contributed by atoms with van der Waals surface area (Å²) in [5, 5.41) is 6.46. The molecule has 130 valence electrons. The maximum absolute atomic E-state index is 12.7. The Morgan fingerprint density at radius 2 is 2.00 bits per heavy atom. The van der Waals surface area contributed by atoms with E-state index in [1.165, 1.54) is 6.42 Å². The summed E-state index contributed by atoms with van der Waals surface area (Å²) in [6.45, 7) is 5.73. The number of hydrogen-bond donors (Lipinski definition) is 2. The van der Waals surface area contributed by atoms with Crippen molar-refractivity contribution in [3.63, 3.8) is 0 Å². The van der Waals surface area contributed by atoms with Crippen LogP contribution in [-0.4, -0.2) is 74.5 Å². The molecule has 6 nitrogen and oxygen atoms in total. The van der Waals surface area contributed by atoms with Crippen LogP contribution < -0.4 is 10.6 Å². The van der Waals surface area contributed by atoms with Crippen LogP contribution in [0.3, 0.4) is 0 Å². The van der Waals surface area contributed by atoms with E-state index in [1.54, 1.807) is 0 Å². The lowest BCUT2D eigenvalue weighted by molar-refractivity contribution is -0.135. The Morgan fingerprint density at radius 1 is 1.22 bits per heavy atom. The largest absolute Gasteiger partial charge is 0.355 e. The van der Waals surface area contributed by atoms with Crippen molar-refractivity contribution in [2.45, 2.75) is 32.1 Å². The predicted octanol–water partition coefficient (Wildman–Crippen LogP) is 0.0465. The molecule has 0 bridgehead atoms. The summed E-state index contributed by atoms with van der Waals surface area (Å²) in [7, 11) is 2.08. The Hall–Kier alpha value is -1.14. The molecule has 0 unspecified atom stereocenters. The van der Waals surface area contributed by atoms with Gasteiger partial charge in [0.15, 0.2) is 0 Å². The van der Waals surface area contributed by atoms with Gasteiger partial charge in [0.2, 0.25) is 11.8 Å². The van der Waals surface area contributed by atoms with Crippen molar-refractivity contribution >= 4 is 11.8 Å². The summed E-state index contributed by atoms with van der Waals surface area (Å²) in [6.07, 6.45) is 4.95. The molecule has 6 heteroatoms. The maximum Gasteiger partial charge on any atom is 0.227 e. The Kier molecular flexibility index (Phi) is 5.21. The molecule has 2 amide bonds. The molecular formula is C17H30N4O2. The lowest BCUT2D eigenvalue weighted by Gasteiger charge is -2.37. The number of carbonyl (C=O) groups excluding carboxylic acids is 2. The molecule has 0 aromatic heterocycles. The Labute approximate surface area is 139 Å². The minimum absolute atomic E-state index is 0.165.